The van der Waals surface area contributed by atoms with Crippen LogP contribution >= 0.6 is 0 Å². The van der Waals surface area contributed by atoms with Gasteiger partial charge in [0.05, 0.1) is 12.6 Å². The van der Waals surface area contributed by atoms with Crippen LogP contribution in [0.15, 0.2) is 4.99 Å². The predicted octanol–water partition coefficient (Wildman–Crippen LogP) is 0.977. The largest absolute Gasteiger partial charge is 0.383 e. The first-order valence-electron chi connectivity index (χ1n) is 8.36. The van der Waals surface area contributed by atoms with E-state index in [4.69, 9.17) is 4.74 Å². The van der Waals surface area contributed by atoms with E-state index in [1.165, 1.54) is 38.5 Å². The molecule has 0 aromatic carbocycles. The molecule has 2 rings (SSSR count). The van der Waals surface area contributed by atoms with Crippen LogP contribution in [0.5, 0.6) is 0 Å². The van der Waals surface area contributed by atoms with E-state index in [1.54, 1.807) is 26.1 Å². The van der Waals surface area contributed by atoms with Crippen LogP contribution in [0.4, 0.5) is 0 Å². The number of ether oxygens (including phenoxy) is 1. The van der Waals surface area contributed by atoms with Crippen LogP contribution in [0, 0.1) is 5.92 Å². The van der Waals surface area contributed by atoms with E-state index in [0.29, 0.717) is 18.6 Å². The molecule has 2 aliphatic carbocycles. The van der Waals surface area contributed by atoms with Crippen LogP contribution in [-0.2, 0) is 9.53 Å². The summed E-state index contributed by atoms with van der Waals surface area (Å²) in [6.45, 7) is 0.858. The number of amides is 1. The molecule has 1 unspecified atom stereocenters. The molecule has 0 spiro atoms. The quantitative estimate of drug-likeness (QED) is 0.543. The van der Waals surface area contributed by atoms with Gasteiger partial charge in [0.25, 0.3) is 0 Å². The van der Waals surface area contributed by atoms with Crippen molar-refractivity contribution in [1.82, 2.24) is 15.5 Å². The molecule has 0 bridgehead atoms. The topological polar surface area (TPSA) is 66.0 Å². The number of carbonyl (C=O) groups is 1. The van der Waals surface area contributed by atoms with Crippen LogP contribution in [0.1, 0.15) is 38.5 Å². The molecular formula is C16H30N4O2. The fourth-order valence-corrected chi connectivity index (χ4v) is 2.83. The summed E-state index contributed by atoms with van der Waals surface area (Å²) in [5.74, 6) is 1.44. The molecule has 0 saturated heterocycles. The number of rotatable bonds is 7. The maximum absolute atomic E-state index is 11.8. The SMILES string of the molecule is COCC(NC(=NCC(=O)N(C)C)NC1CCCC1)C1CC1. The number of aliphatic imine (C=N–C) groups is 1. The summed E-state index contributed by atoms with van der Waals surface area (Å²) in [6.07, 6.45) is 7.39. The lowest BCUT2D eigenvalue weighted by molar-refractivity contribution is -0.127. The van der Waals surface area contributed by atoms with Gasteiger partial charge in [-0.25, -0.2) is 4.99 Å². The third kappa shape index (κ3) is 5.48. The van der Waals surface area contributed by atoms with E-state index in [-0.39, 0.29) is 18.5 Å². The molecule has 2 N–H and O–H groups in total. The molecule has 0 aliphatic heterocycles. The van der Waals surface area contributed by atoms with Gasteiger partial charge in [0.1, 0.15) is 6.54 Å². The number of carbonyl (C=O) groups excluding carboxylic acids is 1. The molecule has 0 aromatic heterocycles. The molecule has 2 aliphatic rings. The van der Waals surface area contributed by atoms with Crippen molar-refractivity contribution in [2.24, 2.45) is 10.9 Å². The van der Waals surface area contributed by atoms with Crippen molar-refractivity contribution in [3.63, 3.8) is 0 Å². The van der Waals surface area contributed by atoms with E-state index in [2.05, 4.69) is 15.6 Å². The van der Waals surface area contributed by atoms with Gasteiger partial charge in [-0.05, 0) is 31.6 Å². The van der Waals surface area contributed by atoms with Crippen LogP contribution in [-0.4, -0.2) is 63.2 Å². The lowest BCUT2D eigenvalue weighted by Crippen LogP contribution is -2.49. The Labute approximate surface area is 133 Å². The van der Waals surface area contributed by atoms with Crippen molar-refractivity contribution in [2.45, 2.75) is 50.6 Å². The lowest BCUT2D eigenvalue weighted by Gasteiger charge is -2.23. The number of hydrogen-bond donors (Lipinski definition) is 2. The van der Waals surface area contributed by atoms with Crippen molar-refractivity contribution in [3.8, 4) is 0 Å². The molecule has 2 saturated carbocycles. The summed E-state index contributed by atoms with van der Waals surface area (Å²) in [6, 6.07) is 0.759. The number of nitrogens with one attached hydrogen (secondary N) is 2. The molecule has 6 nitrogen and oxygen atoms in total. The second-order valence-electron chi connectivity index (χ2n) is 6.62. The summed E-state index contributed by atoms with van der Waals surface area (Å²) in [5.41, 5.74) is 0. The van der Waals surface area contributed by atoms with E-state index in [9.17, 15) is 4.79 Å². The van der Waals surface area contributed by atoms with Crippen molar-refractivity contribution < 1.29 is 9.53 Å². The van der Waals surface area contributed by atoms with Crippen molar-refractivity contribution in [2.75, 3.05) is 34.4 Å². The summed E-state index contributed by atoms with van der Waals surface area (Å²) >= 11 is 0. The third-order valence-corrected chi connectivity index (χ3v) is 4.43. The molecular weight excluding hydrogens is 280 g/mol. The first kappa shape index (κ1) is 17.1. The Morgan fingerprint density at radius 3 is 2.50 bits per heavy atom. The second-order valence-corrected chi connectivity index (χ2v) is 6.62. The summed E-state index contributed by atoms with van der Waals surface area (Å²) < 4.78 is 5.32. The zero-order valence-corrected chi connectivity index (χ0v) is 14.1. The van der Waals surface area contributed by atoms with Gasteiger partial charge in [0.2, 0.25) is 5.91 Å². The number of methoxy groups -OCH3 is 1. The lowest BCUT2D eigenvalue weighted by atomic mass is 10.2. The van der Waals surface area contributed by atoms with Gasteiger partial charge in [-0.2, -0.15) is 0 Å². The molecule has 0 heterocycles. The normalized spacial score (nSPS) is 20.8. The summed E-state index contributed by atoms with van der Waals surface area (Å²) in [5, 5.41) is 6.98. The van der Waals surface area contributed by atoms with E-state index >= 15 is 0 Å². The van der Waals surface area contributed by atoms with Gasteiger partial charge in [-0.3, -0.25) is 4.79 Å². The molecule has 0 aromatic rings. The highest BCUT2D eigenvalue weighted by Gasteiger charge is 2.32. The second kappa shape index (κ2) is 8.36. The maximum Gasteiger partial charge on any atom is 0.243 e. The highest BCUT2D eigenvalue weighted by Crippen LogP contribution is 2.32. The third-order valence-electron chi connectivity index (χ3n) is 4.43. The van der Waals surface area contributed by atoms with E-state index < -0.39 is 0 Å². The molecule has 1 amide bonds. The van der Waals surface area contributed by atoms with Gasteiger partial charge in [0, 0.05) is 27.2 Å². The van der Waals surface area contributed by atoms with Gasteiger partial charge in [0.15, 0.2) is 5.96 Å². The summed E-state index contributed by atoms with van der Waals surface area (Å²) in [4.78, 5) is 17.8. The zero-order valence-electron chi connectivity index (χ0n) is 14.1. The Morgan fingerprint density at radius 2 is 1.95 bits per heavy atom. The number of guanidine groups is 1. The molecule has 22 heavy (non-hydrogen) atoms. The fourth-order valence-electron chi connectivity index (χ4n) is 2.83. The van der Waals surface area contributed by atoms with Crippen LogP contribution in [0.3, 0.4) is 0 Å². The van der Waals surface area contributed by atoms with Crippen LogP contribution in [0.2, 0.25) is 0 Å². The fraction of sp³-hybridized carbons (Fsp3) is 0.875. The van der Waals surface area contributed by atoms with Crippen LogP contribution < -0.4 is 10.6 Å². The Hall–Kier alpha value is -1.30. The minimum absolute atomic E-state index is 0.0160. The van der Waals surface area contributed by atoms with Crippen LogP contribution in [0.25, 0.3) is 0 Å². The van der Waals surface area contributed by atoms with Gasteiger partial charge < -0.3 is 20.3 Å². The van der Waals surface area contributed by atoms with Crippen molar-refractivity contribution in [3.05, 3.63) is 0 Å². The van der Waals surface area contributed by atoms with Gasteiger partial charge in [-0.15, -0.1) is 0 Å². The first-order valence-corrected chi connectivity index (χ1v) is 8.36. The first-order chi connectivity index (χ1) is 10.6. The molecule has 126 valence electrons. The maximum atomic E-state index is 11.8. The highest BCUT2D eigenvalue weighted by molar-refractivity contribution is 5.85. The highest BCUT2D eigenvalue weighted by atomic mass is 16.5. The molecule has 6 heteroatoms. The number of likely N-dealkylation sites (N-methyl/N-ethyl adjacent to an activating group) is 1. The summed E-state index contributed by atoms with van der Waals surface area (Å²) in [7, 11) is 5.24. The minimum atomic E-state index is 0.0160. The zero-order chi connectivity index (χ0) is 15.9. The average Bonchev–Trinajstić information content (AvgIpc) is 3.21. The van der Waals surface area contributed by atoms with E-state index in [1.807, 2.05) is 0 Å². The predicted molar refractivity (Wildman–Crippen MR) is 87.9 cm³/mol. The number of hydrogen-bond acceptors (Lipinski definition) is 3. The standard InChI is InChI=1S/C16H30N4O2/c1-20(2)15(21)10-17-16(18-13-6-4-5-7-13)19-14(11-22-3)12-8-9-12/h12-14H,4-11H2,1-3H3,(H2,17,18,19). The van der Waals surface area contributed by atoms with Gasteiger partial charge >= 0.3 is 0 Å². The average molecular weight is 310 g/mol. The Balaban J connectivity index is 1.95. The number of nitrogens with zero attached hydrogens (tertiary/aromatic N) is 2. The smallest absolute Gasteiger partial charge is 0.243 e. The Kier molecular flexibility index (Phi) is 6.49. The molecule has 1 atom stereocenters. The van der Waals surface area contributed by atoms with Crippen molar-refractivity contribution >= 4 is 11.9 Å². The monoisotopic (exact) mass is 310 g/mol. The molecule has 0 radical (unpaired) electrons. The minimum Gasteiger partial charge on any atom is -0.383 e. The Morgan fingerprint density at radius 1 is 1.27 bits per heavy atom. The van der Waals surface area contributed by atoms with Crippen molar-refractivity contribution in [1.29, 1.82) is 0 Å². The Bertz CT molecular complexity index is 388. The molecule has 2 fully saturated rings. The van der Waals surface area contributed by atoms with Gasteiger partial charge in [-0.1, -0.05) is 12.8 Å². The van der Waals surface area contributed by atoms with E-state index in [0.717, 1.165) is 5.96 Å².